The Morgan fingerprint density at radius 2 is 2.07 bits per heavy atom. The molecule has 1 aromatic heterocycles. The average Bonchev–Trinajstić information content (AvgIpc) is 2.64. The topological polar surface area (TPSA) is 22.1 Å². The fourth-order valence-corrected chi connectivity index (χ4v) is 2.29. The first-order valence-corrected chi connectivity index (χ1v) is 6.50. The molecule has 0 amide bonds. The highest BCUT2D eigenvalue weighted by Gasteiger charge is 2.00. The van der Waals surface area contributed by atoms with Gasteiger partial charge in [0.15, 0.2) is 4.47 Å². The van der Waals surface area contributed by atoms with Gasteiger partial charge < -0.3 is 4.74 Å². The average molecular weight is 352 g/mol. The summed E-state index contributed by atoms with van der Waals surface area (Å²) in [7, 11) is 0. The second-order valence-corrected chi connectivity index (χ2v) is 5.77. The molecular formula is C10H7ClINOS. The zero-order valence-corrected chi connectivity index (χ0v) is 11.3. The molecule has 0 aliphatic heterocycles. The van der Waals surface area contributed by atoms with Crippen molar-refractivity contribution in [1.82, 2.24) is 4.98 Å². The summed E-state index contributed by atoms with van der Waals surface area (Å²) in [5.74, 6) is 0.861. The van der Waals surface area contributed by atoms with Crippen molar-refractivity contribution in [2.75, 3.05) is 0 Å². The number of rotatable bonds is 3. The molecule has 0 saturated carbocycles. The molecule has 0 radical (unpaired) electrons. The number of hydrogen-bond acceptors (Lipinski definition) is 3. The summed E-state index contributed by atoms with van der Waals surface area (Å²) in [4.78, 5) is 4.97. The molecule has 0 saturated heterocycles. The van der Waals surface area contributed by atoms with Gasteiger partial charge in [-0.1, -0.05) is 11.6 Å². The molecule has 0 aliphatic rings. The summed E-state index contributed by atoms with van der Waals surface area (Å²) in [5.41, 5.74) is 0. The smallest absolute Gasteiger partial charge is 0.183 e. The van der Waals surface area contributed by atoms with E-state index in [-0.39, 0.29) is 0 Å². The maximum absolute atomic E-state index is 5.71. The Labute approximate surface area is 110 Å². The maximum Gasteiger partial charge on any atom is 0.183 e. The summed E-state index contributed by atoms with van der Waals surface area (Å²) in [6, 6.07) is 7.92. The van der Waals surface area contributed by atoms with E-state index < -0.39 is 0 Å². The summed E-state index contributed by atoms with van der Waals surface area (Å²) in [5, 5.41) is 0. The maximum atomic E-state index is 5.71. The third-order valence-corrected chi connectivity index (χ3v) is 3.53. The Hall–Kier alpha value is -0.330. The standard InChI is InChI=1S/C10H7ClINOS/c11-10-13-5-9(15-10)6-14-8-3-1-7(12)2-4-8/h1-5H,6H2. The first-order valence-electron chi connectivity index (χ1n) is 4.22. The predicted molar refractivity (Wildman–Crippen MR) is 70.6 cm³/mol. The van der Waals surface area contributed by atoms with Gasteiger partial charge in [0.1, 0.15) is 12.4 Å². The number of halogens is 2. The third kappa shape index (κ3) is 3.32. The number of aromatic nitrogens is 1. The Morgan fingerprint density at radius 3 is 2.67 bits per heavy atom. The molecule has 0 fully saturated rings. The van der Waals surface area contributed by atoms with E-state index in [1.54, 1.807) is 6.20 Å². The highest BCUT2D eigenvalue weighted by atomic mass is 127. The van der Waals surface area contributed by atoms with Gasteiger partial charge >= 0.3 is 0 Å². The van der Waals surface area contributed by atoms with Crippen molar-refractivity contribution in [2.45, 2.75) is 6.61 Å². The summed E-state index contributed by atoms with van der Waals surface area (Å²) >= 11 is 9.41. The minimum absolute atomic E-state index is 0.519. The molecule has 1 heterocycles. The number of ether oxygens (including phenoxy) is 1. The van der Waals surface area contributed by atoms with Crippen LogP contribution in [0.2, 0.25) is 4.47 Å². The highest BCUT2D eigenvalue weighted by Crippen LogP contribution is 2.20. The molecule has 2 nitrogen and oxygen atoms in total. The molecule has 2 aromatic rings. The van der Waals surface area contributed by atoms with Gasteiger partial charge in [-0.2, -0.15) is 0 Å². The minimum atomic E-state index is 0.519. The van der Waals surface area contributed by atoms with Crippen LogP contribution in [0.1, 0.15) is 4.88 Å². The molecule has 5 heteroatoms. The zero-order chi connectivity index (χ0) is 10.7. The second kappa shape index (κ2) is 5.14. The molecule has 0 spiro atoms. The fourth-order valence-electron chi connectivity index (χ4n) is 1.04. The molecular weight excluding hydrogens is 345 g/mol. The predicted octanol–water partition coefficient (Wildman–Crippen LogP) is 3.98. The Morgan fingerprint density at radius 1 is 1.33 bits per heavy atom. The summed E-state index contributed by atoms with van der Waals surface area (Å²) < 4.78 is 7.32. The first kappa shape index (κ1) is 11.2. The third-order valence-electron chi connectivity index (χ3n) is 1.72. The molecule has 0 aliphatic carbocycles. The van der Waals surface area contributed by atoms with Crippen LogP contribution in [0.15, 0.2) is 30.5 Å². The van der Waals surface area contributed by atoms with E-state index in [4.69, 9.17) is 16.3 Å². The van der Waals surface area contributed by atoms with Gasteiger partial charge in [-0.25, -0.2) is 4.98 Å². The molecule has 15 heavy (non-hydrogen) atoms. The van der Waals surface area contributed by atoms with Gasteiger partial charge in [0, 0.05) is 9.77 Å². The quantitative estimate of drug-likeness (QED) is 0.780. The number of nitrogens with zero attached hydrogens (tertiary/aromatic N) is 1. The van der Waals surface area contributed by atoms with Crippen LogP contribution >= 0.6 is 45.5 Å². The van der Waals surface area contributed by atoms with Crippen molar-refractivity contribution in [3.05, 3.63) is 43.4 Å². The Balaban J connectivity index is 1.96. The van der Waals surface area contributed by atoms with Crippen LogP contribution in [0.5, 0.6) is 5.75 Å². The zero-order valence-electron chi connectivity index (χ0n) is 7.61. The van der Waals surface area contributed by atoms with Crippen LogP contribution < -0.4 is 4.74 Å². The van der Waals surface area contributed by atoms with Crippen molar-refractivity contribution in [2.24, 2.45) is 0 Å². The van der Waals surface area contributed by atoms with Crippen LogP contribution in [0.4, 0.5) is 0 Å². The molecule has 0 unspecified atom stereocenters. The van der Waals surface area contributed by atoms with E-state index in [9.17, 15) is 0 Å². The van der Waals surface area contributed by atoms with Crippen molar-refractivity contribution in [1.29, 1.82) is 0 Å². The normalized spacial score (nSPS) is 10.3. The van der Waals surface area contributed by atoms with Crippen LogP contribution in [0, 0.1) is 3.57 Å². The molecule has 1 aromatic carbocycles. The lowest BCUT2D eigenvalue weighted by Crippen LogP contribution is -1.92. The van der Waals surface area contributed by atoms with Gasteiger partial charge in [-0.15, -0.1) is 11.3 Å². The van der Waals surface area contributed by atoms with Crippen molar-refractivity contribution in [3.8, 4) is 5.75 Å². The lowest BCUT2D eigenvalue weighted by Gasteiger charge is -2.03. The van der Waals surface area contributed by atoms with Crippen molar-refractivity contribution >= 4 is 45.5 Å². The van der Waals surface area contributed by atoms with E-state index >= 15 is 0 Å². The minimum Gasteiger partial charge on any atom is -0.488 e. The largest absolute Gasteiger partial charge is 0.488 e. The number of thiazole rings is 1. The monoisotopic (exact) mass is 351 g/mol. The van der Waals surface area contributed by atoms with Crippen molar-refractivity contribution < 1.29 is 4.74 Å². The van der Waals surface area contributed by atoms with Gasteiger partial charge in [0.05, 0.1) is 4.88 Å². The molecule has 0 bridgehead atoms. The summed E-state index contributed by atoms with van der Waals surface area (Å²) in [6.07, 6.45) is 1.74. The fraction of sp³-hybridized carbons (Fsp3) is 0.100. The van der Waals surface area contributed by atoms with Gasteiger partial charge in [-0.05, 0) is 46.9 Å². The lowest BCUT2D eigenvalue weighted by atomic mass is 10.3. The molecule has 0 atom stereocenters. The summed E-state index contributed by atoms with van der Waals surface area (Å²) in [6.45, 7) is 0.519. The molecule has 78 valence electrons. The van der Waals surface area contributed by atoms with Crippen LogP contribution in [-0.4, -0.2) is 4.98 Å². The lowest BCUT2D eigenvalue weighted by molar-refractivity contribution is 0.309. The van der Waals surface area contributed by atoms with Crippen LogP contribution in [0.3, 0.4) is 0 Å². The van der Waals surface area contributed by atoms with E-state index in [2.05, 4.69) is 27.6 Å². The van der Waals surface area contributed by atoms with Gasteiger partial charge in [-0.3, -0.25) is 0 Å². The van der Waals surface area contributed by atoms with Crippen molar-refractivity contribution in [3.63, 3.8) is 0 Å². The highest BCUT2D eigenvalue weighted by molar-refractivity contribution is 14.1. The molecule has 0 N–H and O–H groups in total. The van der Waals surface area contributed by atoms with Gasteiger partial charge in [0.25, 0.3) is 0 Å². The SMILES string of the molecule is Clc1ncc(COc2ccc(I)cc2)s1. The van der Waals surface area contributed by atoms with Gasteiger partial charge in [0.2, 0.25) is 0 Å². The van der Waals surface area contributed by atoms with Crippen LogP contribution in [0.25, 0.3) is 0 Å². The van der Waals surface area contributed by atoms with E-state index in [1.807, 2.05) is 24.3 Å². The van der Waals surface area contributed by atoms with E-state index in [1.165, 1.54) is 14.9 Å². The Kier molecular flexibility index (Phi) is 3.82. The van der Waals surface area contributed by atoms with Crippen LogP contribution in [-0.2, 0) is 6.61 Å². The Bertz CT molecular complexity index is 443. The molecule has 2 rings (SSSR count). The number of benzene rings is 1. The van der Waals surface area contributed by atoms with E-state index in [0.717, 1.165) is 10.6 Å². The van der Waals surface area contributed by atoms with E-state index in [0.29, 0.717) is 11.1 Å². The number of hydrogen-bond donors (Lipinski definition) is 0. The first-order chi connectivity index (χ1) is 7.24. The second-order valence-electron chi connectivity index (χ2n) is 2.82.